The normalized spacial score (nSPS) is 11.9. The van der Waals surface area contributed by atoms with Crippen molar-refractivity contribution in [1.29, 1.82) is 0 Å². The van der Waals surface area contributed by atoms with Crippen molar-refractivity contribution in [2.24, 2.45) is 5.92 Å². The molecule has 0 aliphatic rings. The number of amides is 2. The summed E-state index contributed by atoms with van der Waals surface area (Å²) < 4.78 is 10.6. The van der Waals surface area contributed by atoms with Gasteiger partial charge in [0.1, 0.15) is 11.1 Å². The number of benzene rings is 1. The molecule has 1 unspecified atom stereocenters. The van der Waals surface area contributed by atoms with Gasteiger partial charge in [-0.1, -0.05) is 25.4 Å². The molecular weight excluding hydrogens is 362 g/mol. The summed E-state index contributed by atoms with van der Waals surface area (Å²) in [5.41, 5.74) is 0.883. The van der Waals surface area contributed by atoms with E-state index >= 15 is 0 Å². The van der Waals surface area contributed by atoms with E-state index in [1.54, 1.807) is 12.1 Å². The molecule has 26 heavy (non-hydrogen) atoms. The van der Waals surface area contributed by atoms with Gasteiger partial charge in [-0.05, 0) is 24.5 Å². The van der Waals surface area contributed by atoms with E-state index in [0.717, 1.165) is 0 Å². The van der Waals surface area contributed by atoms with Crippen LogP contribution in [0.2, 0.25) is 5.02 Å². The zero-order valence-corrected chi connectivity index (χ0v) is 15.3. The number of oxazole rings is 1. The Morgan fingerprint density at radius 2 is 2.12 bits per heavy atom. The SMILES string of the molecule is COc1c(-c2cnco2)ccc(NC(=O)C(CC(C)C)NC(=O)O)c1Cl. The lowest BCUT2D eigenvalue weighted by molar-refractivity contribution is -0.118. The molecule has 0 bridgehead atoms. The number of carboxylic acid groups (broad SMARTS) is 1. The largest absolute Gasteiger partial charge is 0.494 e. The molecule has 140 valence electrons. The number of nitrogens with zero attached hydrogens (tertiary/aromatic N) is 1. The lowest BCUT2D eigenvalue weighted by Crippen LogP contribution is -2.44. The summed E-state index contributed by atoms with van der Waals surface area (Å²) in [6, 6.07) is 2.36. The van der Waals surface area contributed by atoms with Gasteiger partial charge in [-0.3, -0.25) is 4.79 Å². The maximum Gasteiger partial charge on any atom is 0.405 e. The highest BCUT2D eigenvalue weighted by molar-refractivity contribution is 6.35. The van der Waals surface area contributed by atoms with Crippen LogP contribution >= 0.6 is 11.6 Å². The maximum atomic E-state index is 12.5. The summed E-state index contributed by atoms with van der Waals surface area (Å²) in [6.07, 6.45) is 1.88. The third-order valence-corrected chi connectivity index (χ3v) is 3.95. The molecule has 8 nitrogen and oxygen atoms in total. The number of carbonyl (C=O) groups excluding carboxylic acids is 1. The molecule has 0 saturated carbocycles. The smallest absolute Gasteiger partial charge is 0.405 e. The van der Waals surface area contributed by atoms with Crippen LogP contribution in [0, 0.1) is 5.92 Å². The Hall–Kier alpha value is -2.74. The number of aromatic nitrogens is 1. The molecule has 1 heterocycles. The highest BCUT2D eigenvalue weighted by atomic mass is 35.5. The van der Waals surface area contributed by atoms with Crippen LogP contribution in [-0.4, -0.2) is 35.2 Å². The van der Waals surface area contributed by atoms with Crippen molar-refractivity contribution < 1.29 is 23.8 Å². The second-order valence-corrected chi connectivity index (χ2v) is 6.37. The van der Waals surface area contributed by atoms with Crippen LogP contribution in [0.25, 0.3) is 11.3 Å². The van der Waals surface area contributed by atoms with Gasteiger partial charge in [-0.2, -0.15) is 0 Å². The molecule has 0 fully saturated rings. The van der Waals surface area contributed by atoms with Crippen LogP contribution < -0.4 is 15.4 Å². The van der Waals surface area contributed by atoms with Crippen molar-refractivity contribution in [3.05, 3.63) is 29.7 Å². The van der Waals surface area contributed by atoms with E-state index in [1.807, 2.05) is 13.8 Å². The highest BCUT2D eigenvalue weighted by Crippen LogP contribution is 2.40. The predicted octanol–water partition coefficient (Wildman–Crippen LogP) is 3.62. The van der Waals surface area contributed by atoms with Gasteiger partial charge in [0.2, 0.25) is 5.91 Å². The van der Waals surface area contributed by atoms with Crippen LogP contribution in [0.5, 0.6) is 5.75 Å². The number of hydrogen-bond donors (Lipinski definition) is 3. The fourth-order valence-electron chi connectivity index (χ4n) is 2.47. The van der Waals surface area contributed by atoms with E-state index in [9.17, 15) is 9.59 Å². The Morgan fingerprint density at radius 3 is 2.65 bits per heavy atom. The zero-order valence-electron chi connectivity index (χ0n) is 14.6. The summed E-state index contributed by atoms with van der Waals surface area (Å²) in [5.74, 6) is 0.397. The first-order chi connectivity index (χ1) is 12.3. The summed E-state index contributed by atoms with van der Waals surface area (Å²) in [5, 5.41) is 14.0. The first-order valence-corrected chi connectivity index (χ1v) is 8.27. The molecule has 9 heteroatoms. The van der Waals surface area contributed by atoms with Crippen LogP contribution in [-0.2, 0) is 4.79 Å². The van der Waals surface area contributed by atoms with Gasteiger partial charge in [0.25, 0.3) is 0 Å². The number of carbonyl (C=O) groups is 2. The van der Waals surface area contributed by atoms with Crippen LogP contribution in [0.15, 0.2) is 29.1 Å². The minimum Gasteiger partial charge on any atom is -0.494 e. The van der Waals surface area contributed by atoms with Gasteiger partial charge in [-0.25, -0.2) is 9.78 Å². The molecule has 0 aliphatic heterocycles. The number of rotatable bonds is 7. The van der Waals surface area contributed by atoms with Crippen molar-refractivity contribution in [3.8, 4) is 17.1 Å². The summed E-state index contributed by atoms with van der Waals surface area (Å²) in [7, 11) is 1.44. The maximum absolute atomic E-state index is 12.5. The topological polar surface area (TPSA) is 114 Å². The molecule has 1 aromatic heterocycles. The van der Waals surface area contributed by atoms with Gasteiger partial charge in [-0.15, -0.1) is 0 Å². The van der Waals surface area contributed by atoms with Gasteiger partial charge in [0.15, 0.2) is 17.9 Å². The number of methoxy groups -OCH3 is 1. The molecule has 1 aromatic carbocycles. The van der Waals surface area contributed by atoms with Crippen molar-refractivity contribution >= 4 is 29.3 Å². The monoisotopic (exact) mass is 381 g/mol. The van der Waals surface area contributed by atoms with Crippen LogP contribution in [0.1, 0.15) is 20.3 Å². The van der Waals surface area contributed by atoms with Gasteiger partial charge >= 0.3 is 6.09 Å². The number of anilines is 1. The molecule has 0 spiro atoms. The number of hydrogen-bond acceptors (Lipinski definition) is 5. The number of ether oxygens (including phenoxy) is 1. The quantitative estimate of drug-likeness (QED) is 0.674. The second-order valence-electron chi connectivity index (χ2n) is 5.99. The average Bonchev–Trinajstić information content (AvgIpc) is 3.09. The predicted molar refractivity (Wildman–Crippen MR) is 96.5 cm³/mol. The third kappa shape index (κ3) is 4.66. The third-order valence-electron chi connectivity index (χ3n) is 3.58. The molecule has 0 aliphatic carbocycles. The van der Waals surface area contributed by atoms with Crippen LogP contribution in [0.3, 0.4) is 0 Å². The standard InChI is InChI=1S/C17H20ClN3O5/c1-9(2)6-12(21-17(23)24)16(22)20-11-5-4-10(13-7-19-8-26-13)15(25-3)14(11)18/h4-5,7-9,12,21H,6H2,1-3H3,(H,20,22)(H,23,24). The minimum atomic E-state index is -1.27. The fourth-order valence-corrected chi connectivity index (χ4v) is 2.76. The van der Waals surface area contributed by atoms with E-state index < -0.39 is 18.0 Å². The Kier molecular flexibility index (Phi) is 6.46. The Balaban J connectivity index is 2.28. The number of halogens is 1. The van der Waals surface area contributed by atoms with E-state index in [4.69, 9.17) is 25.9 Å². The zero-order chi connectivity index (χ0) is 19.3. The van der Waals surface area contributed by atoms with E-state index in [1.165, 1.54) is 19.7 Å². The molecule has 0 radical (unpaired) electrons. The molecule has 2 amide bonds. The van der Waals surface area contributed by atoms with E-state index in [0.29, 0.717) is 29.2 Å². The molecule has 1 atom stereocenters. The van der Waals surface area contributed by atoms with Gasteiger partial charge in [0, 0.05) is 0 Å². The Morgan fingerprint density at radius 1 is 1.38 bits per heavy atom. The van der Waals surface area contributed by atoms with Crippen molar-refractivity contribution in [3.63, 3.8) is 0 Å². The lowest BCUT2D eigenvalue weighted by atomic mass is 10.0. The summed E-state index contributed by atoms with van der Waals surface area (Å²) in [6.45, 7) is 3.79. The molecule has 0 saturated heterocycles. The highest BCUT2D eigenvalue weighted by Gasteiger charge is 2.24. The fraction of sp³-hybridized carbons (Fsp3) is 0.353. The molecular formula is C17H20ClN3O5. The first-order valence-electron chi connectivity index (χ1n) is 7.89. The van der Waals surface area contributed by atoms with Crippen molar-refractivity contribution in [1.82, 2.24) is 10.3 Å². The Labute approximate surface area is 155 Å². The summed E-state index contributed by atoms with van der Waals surface area (Å²) >= 11 is 6.35. The van der Waals surface area contributed by atoms with Gasteiger partial charge < -0.3 is 24.9 Å². The first kappa shape index (κ1) is 19.6. The van der Waals surface area contributed by atoms with Crippen molar-refractivity contribution in [2.75, 3.05) is 12.4 Å². The second kappa shape index (κ2) is 8.57. The van der Waals surface area contributed by atoms with Crippen LogP contribution in [0.4, 0.5) is 10.5 Å². The molecule has 2 rings (SSSR count). The lowest BCUT2D eigenvalue weighted by Gasteiger charge is -2.20. The minimum absolute atomic E-state index is 0.122. The average molecular weight is 382 g/mol. The van der Waals surface area contributed by atoms with E-state index in [2.05, 4.69) is 15.6 Å². The Bertz CT molecular complexity index is 777. The molecule has 3 N–H and O–H groups in total. The molecule has 2 aromatic rings. The summed E-state index contributed by atoms with van der Waals surface area (Å²) in [4.78, 5) is 27.3. The van der Waals surface area contributed by atoms with E-state index in [-0.39, 0.29) is 10.9 Å². The van der Waals surface area contributed by atoms with Crippen molar-refractivity contribution in [2.45, 2.75) is 26.3 Å². The van der Waals surface area contributed by atoms with Gasteiger partial charge in [0.05, 0.1) is 24.6 Å². The number of nitrogens with one attached hydrogen (secondary N) is 2.